The summed E-state index contributed by atoms with van der Waals surface area (Å²) in [6, 6.07) is 9.10. The monoisotopic (exact) mass is 649 g/mol. The minimum atomic E-state index is -0.796. The first-order valence-electron chi connectivity index (χ1n) is 11.6. The van der Waals surface area contributed by atoms with Gasteiger partial charge in [-0.25, -0.2) is 9.79 Å². The van der Waals surface area contributed by atoms with Crippen molar-refractivity contribution in [2.24, 2.45) is 4.99 Å². The zero-order chi connectivity index (χ0) is 27.7. The van der Waals surface area contributed by atoms with Crippen LogP contribution in [0.15, 0.2) is 57.5 Å². The van der Waals surface area contributed by atoms with Gasteiger partial charge in [-0.15, -0.1) is 0 Å². The highest BCUT2D eigenvalue weighted by atomic mass is 127. The summed E-state index contributed by atoms with van der Waals surface area (Å²) in [5.41, 5.74) is 0.842. The van der Waals surface area contributed by atoms with Crippen molar-refractivity contribution in [3.05, 3.63) is 92.2 Å². The number of carbonyl (C=O) groups excluding carboxylic acids is 1. The second kappa shape index (κ2) is 11.1. The lowest BCUT2D eigenvalue weighted by atomic mass is 9.96. The molecule has 2 aromatic carbocycles. The Morgan fingerprint density at radius 3 is 2.61 bits per heavy atom. The highest BCUT2D eigenvalue weighted by Gasteiger charge is 2.33. The fourth-order valence-corrected chi connectivity index (χ4v) is 5.77. The number of phenolic OH excluding ortho intramolecular Hbond substituents is 1. The highest BCUT2D eigenvalue weighted by molar-refractivity contribution is 14.1. The highest BCUT2D eigenvalue weighted by Crippen LogP contribution is 2.33. The number of nitro groups is 1. The average molecular weight is 649 g/mol. The van der Waals surface area contributed by atoms with E-state index in [0.717, 1.165) is 11.3 Å². The number of nitro benzene ring substituents is 1. The summed E-state index contributed by atoms with van der Waals surface area (Å²) < 4.78 is 13.0. The summed E-state index contributed by atoms with van der Waals surface area (Å²) in [7, 11) is 0. The molecule has 0 saturated carbocycles. The van der Waals surface area contributed by atoms with Gasteiger partial charge in [0.1, 0.15) is 5.75 Å². The molecule has 0 unspecified atom stereocenters. The second-order valence-electron chi connectivity index (χ2n) is 8.67. The molecule has 2 heterocycles. The van der Waals surface area contributed by atoms with E-state index in [4.69, 9.17) is 9.47 Å². The number of esters is 1. The number of carbonyl (C=O) groups is 1. The van der Waals surface area contributed by atoms with E-state index >= 15 is 0 Å². The Bertz CT molecular complexity index is 1640. The Morgan fingerprint density at radius 2 is 2.00 bits per heavy atom. The molecule has 0 radical (unpaired) electrons. The number of fused-ring (bicyclic) bond motifs is 1. The molecule has 0 spiro atoms. The van der Waals surface area contributed by atoms with Gasteiger partial charge in [0.2, 0.25) is 5.75 Å². The van der Waals surface area contributed by atoms with Crippen molar-refractivity contribution < 1.29 is 24.3 Å². The lowest BCUT2D eigenvalue weighted by Gasteiger charge is -2.25. The van der Waals surface area contributed by atoms with Crippen LogP contribution in [0.3, 0.4) is 0 Å². The topological polar surface area (TPSA) is 133 Å². The van der Waals surface area contributed by atoms with Crippen LogP contribution in [0.5, 0.6) is 11.5 Å². The number of halogens is 1. The van der Waals surface area contributed by atoms with Crippen LogP contribution in [-0.2, 0) is 9.53 Å². The summed E-state index contributed by atoms with van der Waals surface area (Å²) in [4.78, 5) is 42.3. The van der Waals surface area contributed by atoms with Crippen molar-refractivity contribution in [2.75, 3.05) is 6.61 Å². The fourth-order valence-electron chi connectivity index (χ4n) is 4.09. The Kier molecular flexibility index (Phi) is 8.02. The zero-order valence-electron chi connectivity index (χ0n) is 20.9. The van der Waals surface area contributed by atoms with Crippen molar-refractivity contribution in [1.29, 1.82) is 0 Å². The molecule has 0 amide bonds. The van der Waals surface area contributed by atoms with Gasteiger partial charge in [0.05, 0.1) is 43.0 Å². The van der Waals surface area contributed by atoms with E-state index in [2.05, 4.69) is 4.99 Å². The number of thiazole rings is 1. The number of benzene rings is 2. The first-order valence-corrected chi connectivity index (χ1v) is 13.5. The summed E-state index contributed by atoms with van der Waals surface area (Å²) in [6.07, 6.45) is 1.49. The predicted molar refractivity (Wildman–Crippen MR) is 150 cm³/mol. The third-order valence-corrected chi connectivity index (χ3v) is 7.45. The van der Waals surface area contributed by atoms with Crippen molar-refractivity contribution in [3.63, 3.8) is 0 Å². The molecular formula is C26H24IN3O7S. The average Bonchev–Trinajstić information content (AvgIpc) is 3.14. The molecule has 0 fully saturated rings. The molecule has 1 N–H and O–H groups in total. The molecule has 0 aliphatic carbocycles. The molecule has 1 aliphatic rings. The normalized spacial score (nSPS) is 15.3. The molecule has 1 aromatic heterocycles. The van der Waals surface area contributed by atoms with Crippen molar-refractivity contribution >= 4 is 51.7 Å². The van der Waals surface area contributed by atoms with Gasteiger partial charge in [-0.05, 0) is 85.7 Å². The van der Waals surface area contributed by atoms with Crippen LogP contribution in [0, 0.1) is 13.7 Å². The van der Waals surface area contributed by atoms with Gasteiger partial charge in [-0.1, -0.05) is 23.5 Å². The summed E-state index contributed by atoms with van der Waals surface area (Å²) in [6.45, 7) is 7.39. The quantitative estimate of drug-likeness (QED) is 0.178. The summed E-state index contributed by atoms with van der Waals surface area (Å²) >= 11 is 2.90. The summed E-state index contributed by atoms with van der Waals surface area (Å²) in [5, 5.41) is 21.4. The minimum Gasteiger partial charge on any atom is -0.501 e. The predicted octanol–water partition coefficient (Wildman–Crippen LogP) is 3.80. The van der Waals surface area contributed by atoms with Crippen LogP contribution >= 0.6 is 33.9 Å². The van der Waals surface area contributed by atoms with Crippen LogP contribution in [0.1, 0.15) is 44.9 Å². The van der Waals surface area contributed by atoms with Crippen molar-refractivity contribution in [3.8, 4) is 11.5 Å². The van der Waals surface area contributed by atoms with Crippen molar-refractivity contribution in [2.45, 2.75) is 39.8 Å². The van der Waals surface area contributed by atoms with Gasteiger partial charge >= 0.3 is 11.7 Å². The van der Waals surface area contributed by atoms with Crippen LogP contribution in [0.2, 0.25) is 0 Å². The molecule has 10 nitrogen and oxygen atoms in total. The number of ether oxygens (including phenoxy) is 2. The largest absolute Gasteiger partial charge is 0.501 e. The number of allylic oxidation sites excluding steroid dienone is 1. The number of hydrogen-bond donors (Lipinski definition) is 1. The molecule has 1 atom stereocenters. The molecule has 0 saturated heterocycles. The lowest BCUT2D eigenvalue weighted by Crippen LogP contribution is -2.39. The molecule has 4 rings (SSSR count). The van der Waals surface area contributed by atoms with Crippen LogP contribution in [0.25, 0.3) is 6.08 Å². The third-order valence-electron chi connectivity index (χ3n) is 5.64. The number of aromatic hydroxyl groups is 1. The van der Waals surface area contributed by atoms with E-state index in [-0.39, 0.29) is 26.4 Å². The SMILES string of the molecule is CCOC(=O)C1=C(C)N=c2s/c(=C\c3cc(I)c(O)c([N+](=O)[O-])c3)c(=O)n2[C@@H]1c1ccc(OC(C)C)cc1. The molecule has 12 heteroatoms. The standard InChI is InChI=1S/C26H24IN3O7S/c1-5-36-25(33)21-14(4)28-26-29(22(21)16-6-8-17(9-7-16)37-13(2)3)24(32)20(38-26)12-15-10-18(27)23(31)19(11-15)30(34)35/h6-13,22,31H,5H2,1-4H3/b20-12-/t22-/m1/s1. The van der Waals surface area contributed by atoms with E-state index in [1.54, 1.807) is 66.8 Å². The second-order valence-corrected chi connectivity index (χ2v) is 10.8. The maximum atomic E-state index is 13.7. The van der Waals surface area contributed by atoms with Crippen LogP contribution in [-0.4, -0.2) is 33.3 Å². The Morgan fingerprint density at radius 1 is 1.32 bits per heavy atom. The number of hydrogen-bond acceptors (Lipinski definition) is 9. The van der Waals surface area contributed by atoms with E-state index < -0.39 is 33.9 Å². The van der Waals surface area contributed by atoms with Crippen molar-refractivity contribution in [1.82, 2.24) is 4.57 Å². The maximum absolute atomic E-state index is 13.7. The molecular weight excluding hydrogens is 625 g/mol. The first-order chi connectivity index (χ1) is 18.0. The maximum Gasteiger partial charge on any atom is 0.338 e. The van der Waals surface area contributed by atoms with Crippen LogP contribution in [0.4, 0.5) is 5.69 Å². The van der Waals surface area contributed by atoms with Gasteiger partial charge in [-0.3, -0.25) is 19.5 Å². The molecule has 198 valence electrons. The van der Waals surface area contributed by atoms with Gasteiger partial charge in [0, 0.05) is 6.07 Å². The number of aromatic nitrogens is 1. The van der Waals surface area contributed by atoms with E-state index in [1.807, 2.05) is 13.8 Å². The Hall–Kier alpha value is -3.52. The smallest absolute Gasteiger partial charge is 0.338 e. The zero-order valence-corrected chi connectivity index (χ0v) is 23.9. The molecule has 0 bridgehead atoms. The van der Waals surface area contributed by atoms with E-state index in [9.17, 15) is 24.8 Å². The third kappa shape index (κ3) is 5.36. The van der Waals surface area contributed by atoms with E-state index in [1.165, 1.54) is 16.7 Å². The van der Waals surface area contributed by atoms with Gasteiger partial charge in [0.25, 0.3) is 5.56 Å². The Labute approximate surface area is 234 Å². The molecule has 3 aromatic rings. The molecule has 1 aliphatic heterocycles. The minimum absolute atomic E-state index is 0.0189. The Balaban J connectivity index is 1.92. The fraction of sp³-hybridized carbons (Fsp3) is 0.269. The number of rotatable bonds is 7. The number of nitrogens with zero attached hydrogens (tertiary/aromatic N) is 3. The number of phenols is 1. The first kappa shape index (κ1) is 27.5. The van der Waals surface area contributed by atoms with Gasteiger partial charge in [-0.2, -0.15) is 0 Å². The van der Waals surface area contributed by atoms with Gasteiger partial charge < -0.3 is 14.6 Å². The molecule has 38 heavy (non-hydrogen) atoms. The summed E-state index contributed by atoms with van der Waals surface area (Å²) in [5.74, 6) is -0.355. The van der Waals surface area contributed by atoms with E-state index in [0.29, 0.717) is 27.4 Å². The lowest BCUT2D eigenvalue weighted by molar-refractivity contribution is -0.386. The van der Waals surface area contributed by atoms with Gasteiger partial charge in [0.15, 0.2) is 4.80 Å². The van der Waals surface area contributed by atoms with Crippen LogP contribution < -0.4 is 19.6 Å².